The molecule has 3 rings (SSSR count). The average Bonchev–Trinajstić information content (AvgIpc) is 2.67. The van der Waals surface area contributed by atoms with Crippen LogP contribution < -0.4 is 0 Å². The van der Waals surface area contributed by atoms with Gasteiger partial charge in [0, 0.05) is 40.2 Å². The number of nitrogens with one attached hydrogen (secondary N) is 1. The molecule has 0 saturated carbocycles. The Hall–Kier alpha value is -1.29. The lowest BCUT2D eigenvalue weighted by Crippen LogP contribution is -2.31. The Labute approximate surface area is 121 Å². The molecule has 19 heavy (non-hydrogen) atoms. The quantitative estimate of drug-likeness (QED) is 0.848. The van der Waals surface area contributed by atoms with E-state index in [0.29, 0.717) is 0 Å². The minimum Gasteiger partial charge on any atom is -0.360 e. The van der Waals surface area contributed by atoms with Gasteiger partial charge in [0.05, 0.1) is 0 Å². The summed E-state index contributed by atoms with van der Waals surface area (Å²) in [4.78, 5) is 17.7. The van der Waals surface area contributed by atoms with Gasteiger partial charge in [-0.25, -0.2) is 0 Å². The summed E-state index contributed by atoms with van der Waals surface area (Å²) < 4.78 is 1.04. The maximum Gasteiger partial charge on any atom is 0.253 e. The number of carbonyl (C=O) groups is 1. The predicted molar refractivity (Wildman–Crippen MR) is 80.4 cm³/mol. The second-order valence-electron chi connectivity index (χ2n) is 5.10. The van der Waals surface area contributed by atoms with E-state index in [1.807, 2.05) is 29.3 Å². The number of carbonyl (C=O) groups excluding carboxylic acids is 1. The van der Waals surface area contributed by atoms with E-state index in [-0.39, 0.29) is 5.91 Å². The minimum absolute atomic E-state index is 0.162. The summed E-state index contributed by atoms with van der Waals surface area (Å²) >= 11 is 3.49. The summed E-state index contributed by atoms with van der Waals surface area (Å²) in [6, 6.07) is 5.88. The number of halogens is 1. The van der Waals surface area contributed by atoms with Crippen LogP contribution in [-0.2, 0) is 0 Å². The highest BCUT2D eigenvalue weighted by Crippen LogP contribution is 2.25. The highest BCUT2D eigenvalue weighted by molar-refractivity contribution is 9.10. The van der Waals surface area contributed by atoms with Gasteiger partial charge in [-0.3, -0.25) is 4.79 Å². The molecule has 1 aliphatic heterocycles. The van der Waals surface area contributed by atoms with E-state index in [1.54, 1.807) is 0 Å². The van der Waals surface area contributed by atoms with Crippen LogP contribution in [0.3, 0.4) is 0 Å². The third-order valence-electron chi connectivity index (χ3n) is 3.77. The number of nitrogens with zero attached hydrogens (tertiary/aromatic N) is 1. The lowest BCUT2D eigenvalue weighted by molar-refractivity contribution is 0.0762. The molecule has 1 saturated heterocycles. The zero-order valence-corrected chi connectivity index (χ0v) is 12.4. The normalized spacial score (nSPS) is 16.6. The number of benzene rings is 1. The third-order valence-corrected chi connectivity index (χ3v) is 4.43. The highest BCUT2D eigenvalue weighted by Gasteiger charge is 2.17. The molecule has 1 aromatic heterocycles. The summed E-state index contributed by atoms with van der Waals surface area (Å²) in [7, 11) is 0. The molecule has 0 spiro atoms. The predicted octanol–water partition coefficient (Wildman–Crippen LogP) is 3.95. The van der Waals surface area contributed by atoms with Crippen molar-refractivity contribution >= 4 is 32.7 Å². The van der Waals surface area contributed by atoms with Crippen LogP contribution in [0.5, 0.6) is 0 Å². The van der Waals surface area contributed by atoms with Gasteiger partial charge in [-0.05, 0) is 40.9 Å². The first-order chi connectivity index (χ1) is 9.25. The summed E-state index contributed by atoms with van der Waals surface area (Å²) in [6.45, 7) is 1.79. The first-order valence-corrected chi connectivity index (χ1v) is 7.61. The zero-order chi connectivity index (χ0) is 13.2. The van der Waals surface area contributed by atoms with Crippen LogP contribution in [0.4, 0.5) is 0 Å². The van der Waals surface area contributed by atoms with E-state index >= 15 is 0 Å². The van der Waals surface area contributed by atoms with Gasteiger partial charge >= 0.3 is 0 Å². The molecule has 100 valence electrons. The molecule has 0 radical (unpaired) electrons. The van der Waals surface area contributed by atoms with Crippen LogP contribution in [0, 0.1) is 0 Å². The van der Waals surface area contributed by atoms with Gasteiger partial charge in [0.2, 0.25) is 0 Å². The molecule has 1 aliphatic rings. The maximum absolute atomic E-state index is 12.5. The van der Waals surface area contributed by atoms with Crippen LogP contribution in [-0.4, -0.2) is 28.9 Å². The first-order valence-electron chi connectivity index (χ1n) is 6.81. The van der Waals surface area contributed by atoms with E-state index < -0.39 is 0 Å². The number of hydrogen-bond acceptors (Lipinski definition) is 1. The van der Waals surface area contributed by atoms with Gasteiger partial charge in [0.15, 0.2) is 0 Å². The zero-order valence-electron chi connectivity index (χ0n) is 10.8. The lowest BCUT2D eigenvalue weighted by atomic mass is 10.1. The molecular formula is C15H17BrN2O. The number of rotatable bonds is 1. The number of aromatic nitrogens is 1. The molecule has 4 heteroatoms. The Balaban J connectivity index is 1.88. The Morgan fingerprint density at radius 3 is 2.63 bits per heavy atom. The fourth-order valence-corrected chi connectivity index (χ4v) is 3.14. The van der Waals surface area contributed by atoms with Crippen LogP contribution in [0.1, 0.15) is 36.0 Å². The van der Waals surface area contributed by atoms with Gasteiger partial charge in [-0.15, -0.1) is 0 Å². The fourth-order valence-electron chi connectivity index (χ4n) is 2.68. The number of amides is 1. The van der Waals surface area contributed by atoms with Crippen molar-refractivity contribution in [2.75, 3.05) is 13.1 Å². The van der Waals surface area contributed by atoms with Crippen molar-refractivity contribution in [2.24, 2.45) is 0 Å². The molecule has 1 aromatic carbocycles. The van der Waals surface area contributed by atoms with Crippen molar-refractivity contribution in [3.63, 3.8) is 0 Å². The van der Waals surface area contributed by atoms with Crippen LogP contribution >= 0.6 is 15.9 Å². The van der Waals surface area contributed by atoms with E-state index in [9.17, 15) is 4.79 Å². The standard InChI is InChI=1S/C15H17BrN2O/c16-13-10-17-14-9-11(5-6-12(13)14)15(19)18-7-3-1-2-4-8-18/h5-6,9-10,17H,1-4,7-8H2. The molecule has 0 unspecified atom stereocenters. The maximum atomic E-state index is 12.5. The molecule has 1 N–H and O–H groups in total. The molecule has 2 aromatic rings. The van der Waals surface area contributed by atoms with Gasteiger partial charge in [0.25, 0.3) is 5.91 Å². The Bertz CT molecular complexity index is 597. The third kappa shape index (κ3) is 2.54. The molecular weight excluding hydrogens is 304 g/mol. The number of likely N-dealkylation sites (tertiary alicyclic amines) is 1. The first kappa shape index (κ1) is 12.7. The summed E-state index contributed by atoms with van der Waals surface area (Å²) in [5.74, 6) is 0.162. The molecule has 1 amide bonds. The van der Waals surface area contributed by atoms with Gasteiger partial charge in [-0.1, -0.05) is 18.9 Å². The molecule has 2 heterocycles. The molecule has 0 atom stereocenters. The highest BCUT2D eigenvalue weighted by atomic mass is 79.9. The average molecular weight is 321 g/mol. The SMILES string of the molecule is O=C(c1ccc2c(Br)c[nH]c2c1)N1CCCCCC1. The van der Waals surface area contributed by atoms with Crippen molar-refractivity contribution in [3.05, 3.63) is 34.4 Å². The van der Waals surface area contributed by atoms with Crippen LogP contribution in [0.15, 0.2) is 28.9 Å². The Kier molecular flexibility index (Phi) is 3.60. The molecule has 0 aliphatic carbocycles. The van der Waals surface area contributed by atoms with E-state index in [4.69, 9.17) is 0 Å². The second-order valence-corrected chi connectivity index (χ2v) is 5.96. The second kappa shape index (κ2) is 5.37. The van der Waals surface area contributed by atoms with Crippen molar-refractivity contribution < 1.29 is 4.79 Å². The minimum atomic E-state index is 0.162. The number of hydrogen-bond donors (Lipinski definition) is 1. The summed E-state index contributed by atoms with van der Waals surface area (Å²) in [6.07, 6.45) is 6.65. The molecule has 1 fully saturated rings. The number of H-pyrrole nitrogens is 1. The summed E-state index contributed by atoms with van der Waals surface area (Å²) in [5.41, 5.74) is 1.79. The van der Waals surface area contributed by atoms with E-state index in [0.717, 1.165) is 46.9 Å². The Morgan fingerprint density at radius 2 is 1.89 bits per heavy atom. The number of aromatic amines is 1. The van der Waals surface area contributed by atoms with E-state index in [2.05, 4.69) is 20.9 Å². The Morgan fingerprint density at radius 1 is 1.16 bits per heavy atom. The topological polar surface area (TPSA) is 36.1 Å². The molecule has 0 bridgehead atoms. The van der Waals surface area contributed by atoms with Crippen molar-refractivity contribution in [1.29, 1.82) is 0 Å². The fraction of sp³-hybridized carbons (Fsp3) is 0.400. The van der Waals surface area contributed by atoms with Gasteiger partial charge in [-0.2, -0.15) is 0 Å². The van der Waals surface area contributed by atoms with Crippen LogP contribution in [0.25, 0.3) is 10.9 Å². The van der Waals surface area contributed by atoms with E-state index in [1.165, 1.54) is 12.8 Å². The van der Waals surface area contributed by atoms with Gasteiger partial charge < -0.3 is 9.88 Å². The van der Waals surface area contributed by atoms with Crippen molar-refractivity contribution in [1.82, 2.24) is 9.88 Å². The van der Waals surface area contributed by atoms with Crippen molar-refractivity contribution in [3.8, 4) is 0 Å². The number of fused-ring (bicyclic) bond motifs is 1. The molecule has 3 nitrogen and oxygen atoms in total. The summed E-state index contributed by atoms with van der Waals surface area (Å²) in [5, 5.41) is 1.12. The van der Waals surface area contributed by atoms with Crippen molar-refractivity contribution in [2.45, 2.75) is 25.7 Å². The lowest BCUT2D eigenvalue weighted by Gasteiger charge is -2.20. The smallest absolute Gasteiger partial charge is 0.253 e. The van der Waals surface area contributed by atoms with Gasteiger partial charge in [0.1, 0.15) is 0 Å². The van der Waals surface area contributed by atoms with Crippen LogP contribution in [0.2, 0.25) is 0 Å². The largest absolute Gasteiger partial charge is 0.360 e. The monoisotopic (exact) mass is 320 g/mol.